The molecular formula is C26H24N2O5. The Labute approximate surface area is 191 Å². The SMILES string of the molecule is COC(=O)C1=C2C(=O)NCCN2C2=C(C(=O)CCC2)[C@H]1c1cccc(Oc2ccccc2)c1. The van der Waals surface area contributed by atoms with Gasteiger partial charge in [-0.2, -0.15) is 0 Å². The normalized spacial score (nSPS) is 20.2. The summed E-state index contributed by atoms with van der Waals surface area (Å²) in [5.74, 6) is -0.383. The molecule has 168 valence electrons. The van der Waals surface area contributed by atoms with Gasteiger partial charge in [-0.3, -0.25) is 9.59 Å². The van der Waals surface area contributed by atoms with Gasteiger partial charge in [0.2, 0.25) is 0 Å². The number of carbonyl (C=O) groups excluding carboxylic acids is 3. The van der Waals surface area contributed by atoms with Gasteiger partial charge in [-0.1, -0.05) is 30.3 Å². The van der Waals surface area contributed by atoms with Crippen LogP contribution in [0.1, 0.15) is 30.7 Å². The Bertz CT molecular complexity index is 1200. The molecule has 7 heteroatoms. The smallest absolute Gasteiger partial charge is 0.337 e. The number of Topliss-reactive ketones (excluding diaryl/α,β-unsaturated/α-hetero) is 1. The Morgan fingerprint density at radius 1 is 1.03 bits per heavy atom. The van der Waals surface area contributed by atoms with Crippen molar-refractivity contribution in [2.24, 2.45) is 0 Å². The van der Waals surface area contributed by atoms with Gasteiger partial charge in [0.05, 0.1) is 12.7 Å². The number of para-hydroxylation sites is 1. The van der Waals surface area contributed by atoms with E-state index in [1.807, 2.05) is 59.5 Å². The zero-order chi connectivity index (χ0) is 22.9. The predicted molar refractivity (Wildman–Crippen MR) is 120 cm³/mol. The molecule has 33 heavy (non-hydrogen) atoms. The van der Waals surface area contributed by atoms with Gasteiger partial charge < -0.3 is 19.7 Å². The van der Waals surface area contributed by atoms with Crippen molar-refractivity contribution in [1.29, 1.82) is 0 Å². The van der Waals surface area contributed by atoms with Crippen LogP contribution in [0.25, 0.3) is 0 Å². The molecule has 0 spiro atoms. The summed E-state index contributed by atoms with van der Waals surface area (Å²) in [6.45, 7) is 0.963. The summed E-state index contributed by atoms with van der Waals surface area (Å²) in [4.78, 5) is 41.1. The van der Waals surface area contributed by atoms with Crippen molar-refractivity contribution in [3.05, 3.63) is 82.7 Å². The fraction of sp³-hybridized carbons (Fsp3) is 0.269. The quantitative estimate of drug-likeness (QED) is 0.728. The average molecular weight is 444 g/mol. The van der Waals surface area contributed by atoms with Gasteiger partial charge in [0.15, 0.2) is 5.78 Å². The van der Waals surface area contributed by atoms with Crippen molar-refractivity contribution in [3.63, 3.8) is 0 Å². The number of fused-ring (bicyclic) bond motifs is 2. The minimum Gasteiger partial charge on any atom is -0.466 e. The van der Waals surface area contributed by atoms with Gasteiger partial charge >= 0.3 is 5.97 Å². The maximum absolute atomic E-state index is 13.2. The van der Waals surface area contributed by atoms with Crippen molar-refractivity contribution in [1.82, 2.24) is 10.2 Å². The van der Waals surface area contributed by atoms with Crippen LogP contribution in [0.5, 0.6) is 11.5 Å². The highest BCUT2D eigenvalue weighted by molar-refractivity contribution is 6.09. The maximum Gasteiger partial charge on any atom is 0.337 e. The molecule has 2 aliphatic heterocycles. The molecule has 0 aromatic heterocycles. The van der Waals surface area contributed by atoms with Crippen LogP contribution in [0.4, 0.5) is 0 Å². The first-order valence-electron chi connectivity index (χ1n) is 11.1. The molecule has 5 rings (SSSR count). The number of amides is 1. The van der Waals surface area contributed by atoms with Gasteiger partial charge in [-0.25, -0.2) is 4.79 Å². The van der Waals surface area contributed by atoms with E-state index in [1.165, 1.54) is 7.11 Å². The Kier molecular flexibility index (Phi) is 5.46. The highest BCUT2D eigenvalue weighted by Gasteiger charge is 2.45. The lowest BCUT2D eigenvalue weighted by Crippen LogP contribution is -2.50. The molecule has 0 unspecified atom stereocenters. The lowest BCUT2D eigenvalue weighted by atomic mass is 9.74. The number of allylic oxidation sites excluding steroid dienone is 2. The van der Waals surface area contributed by atoms with E-state index in [0.717, 1.165) is 12.1 Å². The second kappa shape index (κ2) is 8.58. The number of nitrogens with zero attached hydrogens (tertiary/aromatic N) is 1. The molecule has 0 bridgehead atoms. The maximum atomic E-state index is 13.2. The van der Waals surface area contributed by atoms with Gasteiger partial charge in [0, 0.05) is 36.7 Å². The summed E-state index contributed by atoms with van der Waals surface area (Å²) in [5, 5.41) is 2.83. The second-order valence-electron chi connectivity index (χ2n) is 8.22. The number of hydrogen-bond donors (Lipinski definition) is 1. The van der Waals surface area contributed by atoms with E-state index in [0.29, 0.717) is 48.6 Å². The Morgan fingerprint density at radius 3 is 2.61 bits per heavy atom. The van der Waals surface area contributed by atoms with E-state index < -0.39 is 11.9 Å². The van der Waals surface area contributed by atoms with Crippen molar-refractivity contribution in [2.75, 3.05) is 20.2 Å². The molecule has 2 aromatic carbocycles. The van der Waals surface area contributed by atoms with Crippen LogP contribution in [-0.2, 0) is 19.1 Å². The average Bonchev–Trinajstić information content (AvgIpc) is 2.84. The Hall–Kier alpha value is -3.87. The van der Waals surface area contributed by atoms with Gasteiger partial charge in [-0.05, 0) is 42.7 Å². The summed E-state index contributed by atoms with van der Waals surface area (Å²) in [7, 11) is 1.29. The number of ether oxygens (including phenoxy) is 2. The van der Waals surface area contributed by atoms with Gasteiger partial charge in [-0.15, -0.1) is 0 Å². The molecule has 1 amide bonds. The van der Waals surface area contributed by atoms with Crippen LogP contribution in [0.15, 0.2) is 77.1 Å². The van der Waals surface area contributed by atoms with E-state index >= 15 is 0 Å². The molecular weight excluding hydrogens is 420 g/mol. The summed E-state index contributed by atoms with van der Waals surface area (Å²) in [6.07, 6.45) is 1.82. The summed E-state index contributed by atoms with van der Waals surface area (Å²) >= 11 is 0. The van der Waals surface area contributed by atoms with Crippen molar-refractivity contribution >= 4 is 17.7 Å². The fourth-order valence-electron chi connectivity index (χ4n) is 4.91. The molecule has 2 aromatic rings. The molecule has 1 fully saturated rings. The first kappa shape index (κ1) is 21.0. The molecule has 0 saturated carbocycles. The van der Waals surface area contributed by atoms with Gasteiger partial charge in [0.25, 0.3) is 5.91 Å². The summed E-state index contributed by atoms with van der Waals surface area (Å²) in [5.41, 5.74) is 2.60. The second-order valence-corrected chi connectivity index (χ2v) is 8.22. The minimum atomic E-state index is -0.699. The molecule has 3 aliphatic rings. The minimum absolute atomic E-state index is 0.00191. The van der Waals surface area contributed by atoms with E-state index in [4.69, 9.17) is 9.47 Å². The number of hydrogen-bond acceptors (Lipinski definition) is 6. The van der Waals surface area contributed by atoms with Crippen molar-refractivity contribution < 1.29 is 23.9 Å². The number of ketones is 1. The number of methoxy groups -OCH3 is 1. The summed E-state index contributed by atoms with van der Waals surface area (Å²) < 4.78 is 11.1. The number of carbonyl (C=O) groups is 3. The number of piperazine rings is 1. The molecule has 0 radical (unpaired) electrons. The topological polar surface area (TPSA) is 84.9 Å². The van der Waals surface area contributed by atoms with E-state index in [-0.39, 0.29) is 23.0 Å². The van der Waals surface area contributed by atoms with E-state index in [9.17, 15) is 14.4 Å². The lowest BCUT2D eigenvalue weighted by molar-refractivity contribution is -0.137. The molecule has 1 saturated heterocycles. The number of esters is 1. The molecule has 1 N–H and O–H groups in total. The number of nitrogens with one attached hydrogen (secondary N) is 1. The predicted octanol–water partition coefficient (Wildman–Crippen LogP) is 3.44. The monoisotopic (exact) mass is 444 g/mol. The van der Waals surface area contributed by atoms with Crippen LogP contribution in [-0.4, -0.2) is 42.8 Å². The third kappa shape index (κ3) is 3.69. The Morgan fingerprint density at radius 2 is 1.82 bits per heavy atom. The van der Waals surface area contributed by atoms with Crippen LogP contribution in [0.3, 0.4) is 0 Å². The molecule has 7 nitrogen and oxygen atoms in total. The van der Waals surface area contributed by atoms with Crippen LogP contribution in [0, 0.1) is 0 Å². The summed E-state index contributed by atoms with van der Waals surface area (Å²) in [6, 6.07) is 16.7. The number of rotatable bonds is 4. The number of benzene rings is 2. The fourth-order valence-corrected chi connectivity index (χ4v) is 4.91. The zero-order valence-corrected chi connectivity index (χ0v) is 18.3. The van der Waals surface area contributed by atoms with Gasteiger partial charge in [0.1, 0.15) is 17.2 Å². The van der Waals surface area contributed by atoms with Crippen molar-refractivity contribution in [3.8, 4) is 11.5 Å². The highest BCUT2D eigenvalue weighted by atomic mass is 16.5. The van der Waals surface area contributed by atoms with Crippen LogP contribution >= 0.6 is 0 Å². The Balaban J connectivity index is 1.68. The standard InChI is InChI=1S/C26H24N2O5/c1-32-26(31)23-21(16-7-5-10-18(15-16)33-17-8-3-2-4-9-17)22-19(11-6-12-20(22)29)28-14-13-27-25(30)24(23)28/h2-5,7-10,15,21H,6,11-14H2,1H3,(H,27,30)/t21-/m1/s1. The molecule has 1 atom stereocenters. The van der Waals surface area contributed by atoms with E-state index in [2.05, 4.69) is 5.32 Å². The zero-order valence-electron chi connectivity index (χ0n) is 18.3. The first-order valence-corrected chi connectivity index (χ1v) is 11.1. The van der Waals surface area contributed by atoms with Crippen molar-refractivity contribution in [2.45, 2.75) is 25.2 Å². The van der Waals surface area contributed by atoms with E-state index in [1.54, 1.807) is 0 Å². The third-order valence-electron chi connectivity index (χ3n) is 6.27. The lowest BCUT2D eigenvalue weighted by Gasteiger charge is -2.43. The third-order valence-corrected chi connectivity index (χ3v) is 6.27. The first-order chi connectivity index (χ1) is 16.1. The molecule has 1 aliphatic carbocycles. The van der Waals surface area contributed by atoms with Crippen LogP contribution in [0.2, 0.25) is 0 Å². The largest absolute Gasteiger partial charge is 0.466 e. The molecule has 2 heterocycles. The van der Waals surface area contributed by atoms with Crippen LogP contribution < -0.4 is 10.1 Å². The highest BCUT2D eigenvalue weighted by Crippen LogP contribution is 2.47.